The third-order valence-corrected chi connectivity index (χ3v) is 5.86. The van der Waals surface area contributed by atoms with Crippen molar-refractivity contribution in [2.45, 2.75) is 49.7 Å². The SMILES string of the molecule is O=C(O)N1CCNCC1(C(=O)CC1(O)CCCCC1)c1cccc(Cl)c1. The number of Topliss-reactive ketones (excluding diaryl/α,β-unsaturated/α-hetero) is 1. The molecule has 3 rings (SSSR count). The monoisotopic (exact) mass is 380 g/mol. The lowest BCUT2D eigenvalue weighted by molar-refractivity contribution is -0.138. The summed E-state index contributed by atoms with van der Waals surface area (Å²) in [7, 11) is 0. The molecule has 1 amide bonds. The molecular weight excluding hydrogens is 356 g/mol. The number of aliphatic hydroxyl groups is 1. The second-order valence-corrected chi connectivity index (χ2v) is 7.80. The number of halogens is 1. The third kappa shape index (κ3) is 3.59. The molecule has 1 aromatic carbocycles. The molecule has 0 bridgehead atoms. The number of hydrogen-bond donors (Lipinski definition) is 3. The number of piperazine rings is 1. The maximum Gasteiger partial charge on any atom is 0.408 e. The van der Waals surface area contributed by atoms with Gasteiger partial charge in [0.1, 0.15) is 5.54 Å². The summed E-state index contributed by atoms with van der Waals surface area (Å²) in [5.74, 6) is -0.279. The number of ketones is 1. The van der Waals surface area contributed by atoms with Crippen molar-refractivity contribution < 1.29 is 19.8 Å². The number of nitrogens with zero attached hydrogens (tertiary/aromatic N) is 1. The van der Waals surface area contributed by atoms with Crippen molar-refractivity contribution in [3.05, 3.63) is 34.9 Å². The second-order valence-electron chi connectivity index (χ2n) is 7.37. The van der Waals surface area contributed by atoms with Crippen LogP contribution in [0.1, 0.15) is 44.1 Å². The fourth-order valence-corrected chi connectivity index (χ4v) is 4.44. The van der Waals surface area contributed by atoms with Gasteiger partial charge in [-0.2, -0.15) is 0 Å². The largest absolute Gasteiger partial charge is 0.465 e. The van der Waals surface area contributed by atoms with Gasteiger partial charge in [0.05, 0.1) is 5.60 Å². The molecule has 1 aliphatic carbocycles. The minimum absolute atomic E-state index is 0.0506. The number of hydrogen-bond acceptors (Lipinski definition) is 4. The van der Waals surface area contributed by atoms with E-state index < -0.39 is 17.2 Å². The highest BCUT2D eigenvalue weighted by Gasteiger charge is 2.51. The molecule has 1 saturated carbocycles. The van der Waals surface area contributed by atoms with E-state index in [2.05, 4.69) is 5.32 Å². The van der Waals surface area contributed by atoms with E-state index in [1.807, 2.05) is 0 Å². The molecule has 2 aliphatic rings. The summed E-state index contributed by atoms with van der Waals surface area (Å²) in [4.78, 5) is 26.6. The molecule has 0 radical (unpaired) electrons. The van der Waals surface area contributed by atoms with Crippen LogP contribution in [0.4, 0.5) is 4.79 Å². The van der Waals surface area contributed by atoms with E-state index >= 15 is 0 Å². The molecule has 2 fully saturated rings. The summed E-state index contributed by atoms with van der Waals surface area (Å²) >= 11 is 6.13. The number of amides is 1. The first-order valence-electron chi connectivity index (χ1n) is 9.10. The van der Waals surface area contributed by atoms with Crippen molar-refractivity contribution in [1.29, 1.82) is 0 Å². The molecule has 1 heterocycles. The minimum Gasteiger partial charge on any atom is -0.465 e. The van der Waals surface area contributed by atoms with E-state index in [0.29, 0.717) is 30.0 Å². The number of benzene rings is 1. The number of carbonyl (C=O) groups excluding carboxylic acids is 1. The Labute approximate surface area is 158 Å². The Hall–Kier alpha value is -1.63. The van der Waals surface area contributed by atoms with Crippen molar-refractivity contribution >= 4 is 23.5 Å². The van der Waals surface area contributed by atoms with Crippen LogP contribution < -0.4 is 5.32 Å². The molecule has 1 aliphatic heterocycles. The van der Waals surface area contributed by atoms with Gasteiger partial charge in [-0.25, -0.2) is 4.79 Å². The Morgan fingerprint density at radius 3 is 2.62 bits per heavy atom. The van der Waals surface area contributed by atoms with E-state index in [0.717, 1.165) is 19.3 Å². The first-order chi connectivity index (χ1) is 12.4. The van der Waals surface area contributed by atoms with E-state index in [-0.39, 0.29) is 25.3 Å². The molecule has 26 heavy (non-hydrogen) atoms. The predicted octanol–water partition coefficient (Wildman–Crippen LogP) is 2.77. The molecule has 1 aromatic rings. The van der Waals surface area contributed by atoms with E-state index in [1.54, 1.807) is 24.3 Å². The lowest BCUT2D eigenvalue weighted by Gasteiger charge is -2.46. The van der Waals surface area contributed by atoms with Crippen molar-refractivity contribution in [3.63, 3.8) is 0 Å². The molecule has 0 aromatic heterocycles. The van der Waals surface area contributed by atoms with Crippen LogP contribution in [0, 0.1) is 0 Å². The van der Waals surface area contributed by atoms with E-state index in [4.69, 9.17) is 11.6 Å². The molecule has 6 nitrogen and oxygen atoms in total. The van der Waals surface area contributed by atoms with Crippen LogP contribution in [0.3, 0.4) is 0 Å². The zero-order valence-corrected chi connectivity index (χ0v) is 15.5. The maximum atomic E-state index is 13.5. The molecule has 1 saturated heterocycles. The first-order valence-corrected chi connectivity index (χ1v) is 9.48. The van der Waals surface area contributed by atoms with Gasteiger partial charge < -0.3 is 15.5 Å². The normalized spacial score (nSPS) is 25.7. The van der Waals surface area contributed by atoms with E-state index in [1.165, 1.54) is 4.90 Å². The van der Waals surface area contributed by atoms with Crippen LogP contribution in [0.25, 0.3) is 0 Å². The van der Waals surface area contributed by atoms with Crippen LogP contribution in [0.2, 0.25) is 5.02 Å². The van der Waals surface area contributed by atoms with Crippen LogP contribution in [0.5, 0.6) is 0 Å². The van der Waals surface area contributed by atoms with Gasteiger partial charge in [0.15, 0.2) is 5.78 Å². The first kappa shape index (κ1) is 19.1. The van der Waals surface area contributed by atoms with Gasteiger partial charge in [0, 0.05) is 31.1 Å². The van der Waals surface area contributed by atoms with Crippen LogP contribution in [-0.4, -0.2) is 52.2 Å². The third-order valence-electron chi connectivity index (χ3n) is 5.62. The lowest BCUT2D eigenvalue weighted by atomic mass is 9.74. The lowest BCUT2D eigenvalue weighted by Crippen LogP contribution is -2.65. The van der Waals surface area contributed by atoms with Crippen molar-refractivity contribution in [2.75, 3.05) is 19.6 Å². The summed E-state index contributed by atoms with van der Waals surface area (Å²) in [6.07, 6.45) is 2.78. The Morgan fingerprint density at radius 1 is 1.23 bits per heavy atom. The number of rotatable bonds is 4. The molecule has 0 spiro atoms. The summed E-state index contributed by atoms with van der Waals surface area (Å²) in [5.41, 5.74) is -1.88. The summed E-state index contributed by atoms with van der Waals surface area (Å²) in [6, 6.07) is 6.79. The average Bonchev–Trinajstić information content (AvgIpc) is 2.61. The summed E-state index contributed by atoms with van der Waals surface area (Å²) in [5, 5.41) is 24.3. The Bertz CT molecular complexity index is 690. The van der Waals surface area contributed by atoms with Gasteiger partial charge in [-0.15, -0.1) is 0 Å². The number of carboxylic acid groups (broad SMARTS) is 1. The number of nitrogens with one attached hydrogen (secondary N) is 1. The van der Waals surface area contributed by atoms with Gasteiger partial charge in [-0.1, -0.05) is 43.0 Å². The summed E-state index contributed by atoms with van der Waals surface area (Å²) < 4.78 is 0. The smallest absolute Gasteiger partial charge is 0.408 e. The quantitative estimate of drug-likeness (QED) is 0.747. The fraction of sp³-hybridized carbons (Fsp3) is 0.579. The average molecular weight is 381 g/mol. The molecule has 142 valence electrons. The molecule has 3 N–H and O–H groups in total. The highest BCUT2D eigenvalue weighted by Crippen LogP contribution is 2.38. The van der Waals surface area contributed by atoms with Gasteiger partial charge in [-0.3, -0.25) is 9.69 Å². The van der Waals surface area contributed by atoms with Crippen LogP contribution in [-0.2, 0) is 10.3 Å². The van der Waals surface area contributed by atoms with Crippen molar-refractivity contribution in [2.24, 2.45) is 0 Å². The van der Waals surface area contributed by atoms with Gasteiger partial charge in [0.25, 0.3) is 0 Å². The van der Waals surface area contributed by atoms with Gasteiger partial charge in [-0.05, 0) is 30.5 Å². The highest BCUT2D eigenvalue weighted by atomic mass is 35.5. The van der Waals surface area contributed by atoms with E-state index in [9.17, 15) is 19.8 Å². The standard InChI is InChI=1S/C19H25ClN2O4/c20-15-6-4-5-14(11-15)19(13-21-9-10-22(19)17(24)25)16(23)12-18(26)7-2-1-3-8-18/h4-6,11,21,26H,1-3,7-10,12-13H2,(H,24,25). The summed E-state index contributed by atoms with van der Waals surface area (Å²) in [6.45, 7) is 0.854. The minimum atomic E-state index is -1.37. The molecular formula is C19H25ClN2O4. The highest BCUT2D eigenvalue weighted by molar-refractivity contribution is 6.30. The zero-order valence-electron chi connectivity index (χ0n) is 14.7. The maximum absolute atomic E-state index is 13.5. The molecule has 7 heteroatoms. The topological polar surface area (TPSA) is 89.9 Å². The fourth-order valence-electron chi connectivity index (χ4n) is 4.25. The second kappa shape index (κ2) is 7.55. The predicted molar refractivity (Wildman–Crippen MR) is 98.4 cm³/mol. The van der Waals surface area contributed by atoms with Gasteiger partial charge >= 0.3 is 6.09 Å². The van der Waals surface area contributed by atoms with Gasteiger partial charge in [0.2, 0.25) is 0 Å². The Kier molecular flexibility index (Phi) is 5.55. The zero-order chi connectivity index (χ0) is 18.8. The van der Waals surface area contributed by atoms with Crippen LogP contribution >= 0.6 is 11.6 Å². The number of carbonyl (C=O) groups is 2. The van der Waals surface area contributed by atoms with Crippen LogP contribution in [0.15, 0.2) is 24.3 Å². The molecule has 1 unspecified atom stereocenters. The Balaban J connectivity index is 2.02. The van der Waals surface area contributed by atoms with Crippen molar-refractivity contribution in [1.82, 2.24) is 10.2 Å². The molecule has 1 atom stereocenters. The Morgan fingerprint density at radius 2 is 1.96 bits per heavy atom. The van der Waals surface area contributed by atoms with Crippen molar-refractivity contribution in [3.8, 4) is 0 Å².